The van der Waals surface area contributed by atoms with Crippen molar-refractivity contribution in [2.24, 2.45) is 0 Å². The molecule has 1 aromatic carbocycles. The third kappa shape index (κ3) is 6.83. The number of imidazole rings is 2. The van der Waals surface area contributed by atoms with Gasteiger partial charge in [-0.2, -0.15) is 5.10 Å². The van der Waals surface area contributed by atoms with Gasteiger partial charge in [0.25, 0.3) is 11.1 Å². The van der Waals surface area contributed by atoms with Gasteiger partial charge in [-0.15, -0.1) is 5.10 Å². The van der Waals surface area contributed by atoms with E-state index in [9.17, 15) is 9.59 Å². The van der Waals surface area contributed by atoms with E-state index in [0.29, 0.717) is 55.7 Å². The monoisotopic (exact) mass is 604 g/mol. The second-order valence-corrected chi connectivity index (χ2v) is 10.2. The van der Waals surface area contributed by atoms with Crippen LogP contribution in [0.5, 0.6) is 0 Å². The summed E-state index contributed by atoms with van der Waals surface area (Å²) in [6.45, 7) is 3.00. The number of nitrogens with zero attached hydrogens (tertiary/aromatic N) is 6. The summed E-state index contributed by atoms with van der Waals surface area (Å²) in [5, 5.41) is 17.8. The van der Waals surface area contributed by atoms with E-state index in [0.717, 1.165) is 36.2 Å². The van der Waals surface area contributed by atoms with Crippen molar-refractivity contribution in [3.8, 4) is 0 Å². The fourth-order valence-electron chi connectivity index (χ4n) is 5.06. The van der Waals surface area contributed by atoms with Crippen molar-refractivity contribution in [2.45, 2.75) is 52.4 Å². The summed E-state index contributed by atoms with van der Waals surface area (Å²) in [6.07, 6.45) is 7.56. The number of ether oxygens (including phenoxy) is 3. The number of aromatic nitrogens is 8. The van der Waals surface area contributed by atoms with E-state index in [4.69, 9.17) is 19.3 Å². The molecule has 2 aliphatic rings. The number of aliphatic hydroxyl groups is 1. The van der Waals surface area contributed by atoms with E-state index in [-0.39, 0.29) is 43.5 Å². The molecule has 5 aromatic rings. The summed E-state index contributed by atoms with van der Waals surface area (Å²) in [6, 6.07) is 9.87. The molecule has 0 radical (unpaired) electrons. The number of hydrogen-bond donors (Lipinski definition) is 3. The first-order valence-corrected chi connectivity index (χ1v) is 14.1. The molecule has 4 aromatic heterocycles. The van der Waals surface area contributed by atoms with Gasteiger partial charge in [-0.1, -0.05) is 43.8 Å². The van der Waals surface area contributed by atoms with Crippen LogP contribution in [0, 0.1) is 0 Å². The van der Waals surface area contributed by atoms with Crippen LogP contribution >= 0.6 is 0 Å². The molecule has 3 N–H and O–H groups in total. The van der Waals surface area contributed by atoms with Crippen LogP contribution in [0.2, 0.25) is 0 Å². The number of benzene rings is 1. The van der Waals surface area contributed by atoms with Gasteiger partial charge in [0.15, 0.2) is 28.5 Å². The molecule has 0 aliphatic carbocycles. The van der Waals surface area contributed by atoms with Gasteiger partial charge < -0.3 is 29.3 Å². The Morgan fingerprint density at radius 3 is 2.32 bits per heavy atom. The molecule has 6 heterocycles. The maximum absolute atomic E-state index is 12.3. The predicted molar refractivity (Wildman–Crippen MR) is 161 cm³/mol. The fourth-order valence-corrected chi connectivity index (χ4v) is 5.06. The lowest BCUT2D eigenvalue weighted by molar-refractivity contribution is 0.0832. The quantitative estimate of drug-likeness (QED) is 0.250. The average molecular weight is 605 g/mol. The number of rotatable bonds is 7. The minimum Gasteiger partial charge on any atom is -0.388 e. The maximum atomic E-state index is 12.3. The first kappa shape index (κ1) is 30.9. The largest absolute Gasteiger partial charge is 0.388 e. The Hall–Kier alpha value is -4.50. The smallest absolute Gasteiger partial charge is 0.277 e. The highest BCUT2D eigenvalue weighted by molar-refractivity contribution is 5.64. The van der Waals surface area contributed by atoms with E-state index >= 15 is 0 Å². The van der Waals surface area contributed by atoms with Crippen LogP contribution in [0.3, 0.4) is 0 Å². The molecular weight excluding hydrogens is 568 g/mol. The zero-order valence-electron chi connectivity index (χ0n) is 23.4. The summed E-state index contributed by atoms with van der Waals surface area (Å²) < 4.78 is 19.5. The summed E-state index contributed by atoms with van der Waals surface area (Å²) in [4.78, 5) is 38.0. The third-order valence-electron chi connectivity index (χ3n) is 7.26. The van der Waals surface area contributed by atoms with Crippen molar-refractivity contribution in [2.75, 3.05) is 26.4 Å². The first-order chi connectivity index (χ1) is 21.1. The summed E-state index contributed by atoms with van der Waals surface area (Å²) >= 11 is 0. The predicted octanol–water partition coefficient (Wildman–Crippen LogP) is 2.38. The molecule has 0 atom stereocenters. The lowest BCUT2D eigenvalue weighted by Crippen LogP contribution is -2.20. The summed E-state index contributed by atoms with van der Waals surface area (Å²) in [5.41, 5.74) is 2.45. The van der Waals surface area contributed by atoms with Crippen LogP contribution in [0.4, 0.5) is 0 Å². The minimum absolute atomic E-state index is 0. The van der Waals surface area contributed by atoms with Crippen LogP contribution < -0.4 is 11.1 Å². The number of nitrogens with one attached hydrogen (secondary N) is 2. The molecule has 14 heteroatoms. The second-order valence-electron chi connectivity index (χ2n) is 10.2. The first-order valence-electron chi connectivity index (χ1n) is 14.1. The van der Waals surface area contributed by atoms with Crippen LogP contribution in [0.1, 0.15) is 61.5 Å². The summed E-state index contributed by atoms with van der Waals surface area (Å²) in [7, 11) is 0. The van der Waals surface area contributed by atoms with E-state index in [1.807, 2.05) is 36.4 Å². The number of hydrogen-bond acceptors (Lipinski definition) is 10. The number of fused-ring (bicyclic) bond motifs is 2. The van der Waals surface area contributed by atoms with Crippen LogP contribution in [0.25, 0.3) is 16.6 Å². The van der Waals surface area contributed by atoms with Gasteiger partial charge in [0.1, 0.15) is 19.0 Å². The van der Waals surface area contributed by atoms with Gasteiger partial charge in [-0.05, 0) is 30.4 Å². The minimum atomic E-state index is -0.295. The Labute approximate surface area is 252 Å². The van der Waals surface area contributed by atoms with E-state index in [1.165, 1.54) is 6.20 Å². The Kier molecular flexibility index (Phi) is 10.1. The highest BCUT2D eigenvalue weighted by Crippen LogP contribution is 2.25. The van der Waals surface area contributed by atoms with Gasteiger partial charge in [0, 0.05) is 19.1 Å². The summed E-state index contributed by atoms with van der Waals surface area (Å²) in [5.74, 6) is 2.43. The molecule has 0 unspecified atom stereocenters. The molecule has 14 nitrogen and oxygen atoms in total. The van der Waals surface area contributed by atoms with Crippen molar-refractivity contribution in [1.29, 1.82) is 0 Å². The van der Waals surface area contributed by atoms with Gasteiger partial charge >= 0.3 is 0 Å². The topological polar surface area (TPSA) is 174 Å². The molecule has 2 aliphatic heterocycles. The zero-order valence-corrected chi connectivity index (χ0v) is 23.4. The molecule has 0 bridgehead atoms. The number of H-pyrrole nitrogens is 2. The molecule has 44 heavy (non-hydrogen) atoms. The molecule has 7 rings (SSSR count). The van der Waals surface area contributed by atoms with E-state index < -0.39 is 0 Å². The Morgan fingerprint density at radius 2 is 1.59 bits per heavy atom. The Morgan fingerprint density at radius 1 is 0.886 bits per heavy atom. The van der Waals surface area contributed by atoms with Gasteiger partial charge in [0.05, 0.1) is 32.2 Å². The third-order valence-corrected chi connectivity index (χ3v) is 7.26. The van der Waals surface area contributed by atoms with Crippen molar-refractivity contribution in [3.05, 3.63) is 98.4 Å². The number of aromatic amines is 2. The molecule has 0 spiro atoms. The second kappa shape index (κ2) is 14.3. The standard InChI is InChI=1S/C18H18N4O3.C11H14N4O3.CH4/c23-18-15-10-19-17(14-6-8-24-9-7-14)22(15)21-16(20-18)12-25-11-13-4-2-1-3-5-13;16-6-9-13-11(17)8-5-12-10(15(8)14-9)7-1-3-18-4-2-7;/h1-6,10H,7-9,11-12H2,(H,20,21,23);5,7,16H,1-4,6H2,(H,13,14,17);1H4. The van der Waals surface area contributed by atoms with Crippen LogP contribution in [-0.2, 0) is 34.0 Å². The molecular formula is C30H36N8O6. The molecule has 232 valence electrons. The van der Waals surface area contributed by atoms with Crippen LogP contribution in [0.15, 0.2) is 58.4 Å². The van der Waals surface area contributed by atoms with Crippen molar-refractivity contribution >= 4 is 16.6 Å². The average Bonchev–Trinajstić information content (AvgIpc) is 3.68. The van der Waals surface area contributed by atoms with Crippen molar-refractivity contribution < 1.29 is 19.3 Å². The zero-order chi connectivity index (χ0) is 29.6. The highest BCUT2D eigenvalue weighted by atomic mass is 16.5. The molecule has 1 fully saturated rings. The van der Waals surface area contributed by atoms with Crippen molar-refractivity contribution in [1.82, 2.24) is 39.2 Å². The number of aliphatic hydroxyl groups excluding tert-OH is 1. The molecule has 1 saturated heterocycles. The highest BCUT2D eigenvalue weighted by Gasteiger charge is 2.22. The van der Waals surface area contributed by atoms with Gasteiger partial charge in [-0.3, -0.25) is 9.59 Å². The molecule has 0 saturated carbocycles. The van der Waals surface area contributed by atoms with Crippen molar-refractivity contribution in [3.63, 3.8) is 0 Å². The van der Waals surface area contributed by atoms with Crippen LogP contribution in [-0.4, -0.2) is 70.7 Å². The van der Waals surface area contributed by atoms with E-state index in [2.05, 4.69) is 30.1 Å². The fraction of sp³-hybridized carbons (Fsp3) is 0.400. The lowest BCUT2D eigenvalue weighted by atomic mass is 10.00. The Bertz CT molecular complexity index is 1840. The van der Waals surface area contributed by atoms with E-state index in [1.54, 1.807) is 15.2 Å². The van der Waals surface area contributed by atoms with Gasteiger partial charge in [0.2, 0.25) is 0 Å². The Balaban J connectivity index is 0.000000179. The lowest BCUT2D eigenvalue weighted by Gasteiger charge is -2.20. The maximum Gasteiger partial charge on any atom is 0.277 e. The SMILES string of the molecule is C.O=c1[nH]c(CO)nn2c(C3CCOCC3)ncc12.O=c1[nH]c(COCc2ccccc2)nn2c(C3=CCOCC3)ncc12. The normalized spacial score (nSPS) is 15.4. The van der Waals surface area contributed by atoms with Gasteiger partial charge in [-0.25, -0.2) is 19.0 Å². The molecule has 0 amide bonds.